The summed E-state index contributed by atoms with van der Waals surface area (Å²) in [6, 6.07) is 25.7. The van der Waals surface area contributed by atoms with Gasteiger partial charge in [-0.05, 0) is 79.1 Å². The fraction of sp³-hybridized carbons (Fsp3) is 0.118. The van der Waals surface area contributed by atoms with Crippen LogP contribution < -0.4 is 10.2 Å². The second-order valence-electron chi connectivity index (χ2n) is 10.3. The zero-order valence-electron chi connectivity index (χ0n) is 23.3. The number of carboxylic acids is 1. The number of nitriles is 1. The molecule has 0 aromatic heterocycles. The van der Waals surface area contributed by atoms with Gasteiger partial charge in [-0.3, -0.25) is 4.79 Å². The molecule has 3 amide bonds. The Morgan fingerprint density at radius 2 is 1.77 bits per heavy atom. The van der Waals surface area contributed by atoms with Gasteiger partial charge in [0.2, 0.25) is 0 Å². The summed E-state index contributed by atoms with van der Waals surface area (Å²) in [5.41, 5.74) is 2.29. The number of rotatable bonds is 9. The van der Waals surface area contributed by atoms with E-state index in [9.17, 15) is 29.1 Å². The minimum absolute atomic E-state index is 0.0386. The van der Waals surface area contributed by atoms with Crippen LogP contribution in [-0.4, -0.2) is 33.5 Å². The number of aromatic carboxylic acids is 1. The first-order valence-corrected chi connectivity index (χ1v) is 13.4. The van der Waals surface area contributed by atoms with Crippen molar-refractivity contribution in [1.29, 1.82) is 5.26 Å². The summed E-state index contributed by atoms with van der Waals surface area (Å²) in [5, 5.41) is 22.0. The van der Waals surface area contributed by atoms with Gasteiger partial charge in [0.05, 0.1) is 29.4 Å². The standard InChI is InChI=1S/C34H27FN4O4/c1-3-17-34(2)32(42)39(28-16-12-24(20-36)29(19-28)22-7-5-4-6-8-22)33(43)38(34)21-25-9-13-26(35)18-30(25)37-27-14-10-23(11-15-27)31(40)41/h3-16,18-19,37H,1,17,21H2,2H3,(H,40,41). The Labute approximate surface area is 247 Å². The lowest BCUT2D eigenvalue weighted by molar-refractivity contribution is -0.124. The first-order chi connectivity index (χ1) is 20.7. The van der Waals surface area contributed by atoms with Crippen molar-refractivity contribution in [1.82, 2.24) is 4.90 Å². The molecule has 1 heterocycles. The number of amides is 3. The SMILES string of the molecule is C=CCC1(C)C(=O)N(c2ccc(C#N)c(-c3ccccc3)c2)C(=O)N1Cc1ccc(F)cc1Nc1ccc(C(=O)O)cc1. The van der Waals surface area contributed by atoms with Gasteiger partial charge in [-0.25, -0.2) is 18.9 Å². The molecule has 4 aromatic carbocycles. The molecule has 1 unspecified atom stereocenters. The largest absolute Gasteiger partial charge is 0.478 e. The van der Waals surface area contributed by atoms with Crippen molar-refractivity contribution in [2.24, 2.45) is 0 Å². The number of nitrogens with one attached hydrogen (secondary N) is 1. The Morgan fingerprint density at radius 1 is 1.05 bits per heavy atom. The summed E-state index contributed by atoms with van der Waals surface area (Å²) in [7, 11) is 0. The molecule has 0 spiro atoms. The van der Waals surface area contributed by atoms with Gasteiger partial charge in [-0.1, -0.05) is 42.5 Å². The lowest BCUT2D eigenvalue weighted by atomic mass is 9.94. The number of hydrogen-bond acceptors (Lipinski definition) is 5. The smallest absolute Gasteiger partial charge is 0.335 e. The maximum atomic E-state index is 14.4. The number of anilines is 3. The van der Waals surface area contributed by atoms with E-state index in [1.54, 1.807) is 43.3 Å². The van der Waals surface area contributed by atoms with Gasteiger partial charge >= 0.3 is 12.0 Å². The van der Waals surface area contributed by atoms with E-state index in [1.807, 2.05) is 30.3 Å². The van der Waals surface area contributed by atoms with Crippen molar-refractivity contribution in [2.45, 2.75) is 25.4 Å². The molecule has 0 radical (unpaired) electrons. The first-order valence-electron chi connectivity index (χ1n) is 13.4. The maximum Gasteiger partial charge on any atom is 0.335 e. The van der Waals surface area contributed by atoms with Gasteiger partial charge in [0, 0.05) is 16.9 Å². The summed E-state index contributed by atoms with van der Waals surface area (Å²) < 4.78 is 14.4. The highest BCUT2D eigenvalue weighted by Gasteiger charge is 2.54. The van der Waals surface area contributed by atoms with Crippen molar-refractivity contribution < 1.29 is 23.9 Å². The molecule has 1 aliphatic rings. The molecule has 0 saturated carbocycles. The van der Waals surface area contributed by atoms with Gasteiger partial charge in [0.25, 0.3) is 5.91 Å². The van der Waals surface area contributed by atoms with Crippen LogP contribution in [0.3, 0.4) is 0 Å². The number of benzene rings is 4. The van der Waals surface area contributed by atoms with Crippen molar-refractivity contribution in [2.75, 3.05) is 10.2 Å². The molecule has 1 aliphatic heterocycles. The van der Waals surface area contributed by atoms with Crippen LogP contribution in [0.4, 0.5) is 26.2 Å². The molecule has 5 rings (SSSR count). The average Bonchev–Trinajstić information content (AvgIpc) is 3.18. The molecule has 8 nitrogen and oxygen atoms in total. The van der Waals surface area contributed by atoms with Gasteiger partial charge in [0.1, 0.15) is 11.4 Å². The molecule has 0 aliphatic carbocycles. The highest BCUT2D eigenvalue weighted by molar-refractivity contribution is 6.23. The van der Waals surface area contributed by atoms with E-state index in [0.29, 0.717) is 33.8 Å². The van der Waals surface area contributed by atoms with Crippen LogP contribution in [0.15, 0.2) is 104 Å². The monoisotopic (exact) mass is 574 g/mol. The predicted molar refractivity (Wildman–Crippen MR) is 161 cm³/mol. The third-order valence-electron chi connectivity index (χ3n) is 7.50. The second kappa shape index (κ2) is 11.6. The predicted octanol–water partition coefficient (Wildman–Crippen LogP) is 7.11. The van der Waals surface area contributed by atoms with E-state index in [4.69, 9.17) is 0 Å². The molecule has 9 heteroatoms. The van der Waals surface area contributed by atoms with Gasteiger partial charge in [-0.15, -0.1) is 6.58 Å². The van der Waals surface area contributed by atoms with Crippen molar-refractivity contribution in [3.63, 3.8) is 0 Å². The van der Waals surface area contributed by atoms with Crippen molar-refractivity contribution >= 4 is 35.0 Å². The minimum atomic E-state index is -1.30. The first kappa shape index (κ1) is 28.8. The van der Waals surface area contributed by atoms with E-state index >= 15 is 0 Å². The second-order valence-corrected chi connectivity index (χ2v) is 10.3. The van der Waals surface area contributed by atoms with E-state index in [1.165, 1.54) is 35.2 Å². The lowest BCUT2D eigenvalue weighted by Crippen LogP contribution is -2.46. The summed E-state index contributed by atoms with van der Waals surface area (Å²) in [4.78, 5) is 41.8. The molecular weight excluding hydrogens is 547 g/mol. The van der Waals surface area contributed by atoms with Gasteiger partial charge < -0.3 is 15.3 Å². The molecule has 2 N–H and O–H groups in total. The Bertz CT molecular complexity index is 1780. The number of imide groups is 1. The third kappa shape index (κ3) is 5.46. The van der Waals surface area contributed by atoms with Crippen LogP contribution in [0.2, 0.25) is 0 Å². The molecule has 1 saturated heterocycles. The Morgan fingerprint density at radius 3 is 2.42 bits per heavy atom. The summed E-state index contributed by atoms with van der Waals surface area (Å²) >= 11 is 0. The zero-order valence-corrected chi connectivity index (χ0v) is 23.3. The topological polar surface area (TPSA) is 114 Å². The highest BCUT2D eigenvalue weighted by Crippen LogP contribution is 2.39. The van der Waals surface area contributed by atoms with Crippen molar-refractivity contribution in [3.8, 4) is 17.2 Å². The molecule has 0 bridgehead atoms. The van der Waals surface area contributed by atoms with E-state index < -0.39 is 29.3 Å². The maximum absolute atomic E-state index is 14.4. The number of urea groups is 1. The highest BCUT2D eigenvalue weighted by atomic mass is 19.1. The normalized spacial score (nSPS) is 16.2. The van der Waals surface area contributed by atoms with Crippen LogP contribution in [0.5, 0.6) is 0 Å². The summed E-state index contributed by atoms with van der Waals surface area (Å²) in [6.07, 6.45) is 1.74. The summed E-state index contributed by atoms with van der Waals surface area (Å²) in [5.74, 6) is -2.04. The summed E-state index contributed by atoms with van der Waals surface area (Å²) in [6.45, 7) is 5.43. The number of carbonyl (C=O) groups is 3. The molecule has 1 atom stereocenters. The van der Waals surface area contributed by atoms with E-state index in [0.717, 1.165) is 10.5 Å². The fourth-order valence-corrected chi connectivity index (χ4v) is 5.17. The van der Waals surface area contributed by atoms with Crippen LogP contribution in [0, 0.1) is 17.1 Å². The Hall–Kier alpha value is -5.75. The molecule has 1 fully saturated rings. The molecule has 4 aromatic rings. The van der Waals surface area contributed by atoms with Crippen LogP contribution in [0.1, 0.15) is 34.8 Å². The van der Waals surface area contributed by atoms with Crippen LogP contribution >= 0.6 is 0 Å². The molecule has 43 heavy (non-hydrogen) atoms. The quantitative estimate of drug-likeness (QED) is 0.163. The Balaban J connectivity index is 1.52. The molecular formula is C34H27FN4O4. The number of carbonyl (C=O) groups excluding carboxylic acids is 2. The van der Waals surface area contributed by atoms with Crippen molar-refractivity contribution in [3.05, 3.63) is 126 Å². The van der Waals surface area contributed by atoms with Gasteiger partial charge in [0.15, 0.2) is 0 Å². The minimum Gasteiger partial charge on any atom is -0.478 e. The average molecular weight is 575 g/mol. The number of hydrogen-bond donors (Lipinski definition) is 2. The number of carboxylic acid groups (broad SMARTS) is 1. The Kier molecular flexibility index (Phi) is 7.78. The zero-order chi connectivity index (χ0) is 30.7. The van der Waals surface area contributed by atoms with E-state index in [-0.39, 0.29) is 18.5 Å². The van der Waals surface area contributed by atoms with Crippen LogP contribution in [-0.2, 0) is 11.3 Å². The number of nitrogens with zero attached hydrogens (tertiary/aromatic N) is 3. The van der Waals surface area contributed by atoms with Crippen LogP contribution in [0.25, 0.3) is 11.1 Å². The molecule has 214 valence electrons. The fourth-order valence-electron chi connectivity index (χ4n) is 5.17. The van der Waals surface area contributed by atoms with Gasteiger partial charge in [-0.2, -0.15) is 5.26 Å². The lowest BCUT2D eigenvalue weighted by Gasteiger charge is -2.31. The van der Waals surface area contributed by atoms with E-state index in [2.05, 4.69) is 18.0 Å². The number of halogens is 1. The third-order valence-corrected chi connectivity index (χ3v) is 7.50.